The Balaban J connectivity index is 1.43. The summed E-state index contributed by atoms with van der Waals surface area (Å²) in [7, 11) is 3.35. The second-order valence-electron chi connectivity index (χ2n) is 7.14. The summed E-state index contributed by atoms with van der Waals surface area (Å²) in [6, 6.07) is 11.8. The zero-order valence-corrected chi connectivity index (χ0v) is 18.5. The van der Waals surface area contributed by atoms with Crippen LogP contribution in [0, 0.1) is 0 Å². The zero-order valence-electron chi connectivity index (χ0n) is 17.7. The molecule has 1 aliphatic rings. The number of hydrogen-bond acceptors (Lipinski definition) is 5. The van der Waals surface area contributed by atoms with Gasteiger partial charge in [0.15, 0.2) is 5.96 Å². The van der Waals surface area contributed by atoms with Gasteiger partial charge in [-0.3, -0.25) is 14.7 Å². The fraction of sp³-hybridized carbons (Fsp3) is 0.455. The lowest BCUT2D eigenvalue weighted by Gasteiger charge is -2.27. The molecule has 30 heavy (non-hydrogen) atoms. The van der Waals surface area contributed by atoms with Crippen molar-refractivity contribution in [2.75, 3.05) is 46.9 Å². The van der Waals surface area contributed by atoms with Crippen LogP contribution in [0.4, 0.5) is 0 Å². The molecule has 7 nitrogen and oxygen atoms in total. The van der Waals surface area contributed by atoms with Crippen molar-refractivity contribution in [2.24, 2.45) is 4.99 Å². The number of methoxy groups -OCH3 is 1. The van der Waals surface area contributed by atoms with Crippen molar-refractivity contribution in [1.82, 2.24) is 20.9 Å². The maximum atomic E-state index is 12.3. The van der Waals surface area contributed by atoms with E-state index in [0.717, 1.165) is 25.6 Å². The van der Waals surface area contributed by atoms with Gasteiger partial charge in [-0.2, -0.15) is 0 Å². The first kappa shape index (κ1) is 22.1. The molecular weight excluding hydrogens is 398 g/mol. The van der Waals surface area contributed by atoms with E-state index in [0.29, 0.717) is 30.4 Å². The molecule has 0 radical (unpaired) electrons. The number of rotatable bonds is 9. The van der Waals surface area contributed by atoms with Crippen molar-refractivity contribution in [2.45, 2.75) is 18.9 Å². The Hall–Kier alpha value is -2.58. The maximum absolute atomic E-state index is 12.3. The van der Waals surface area contributed by atoms with Crippen molar-refractivity contribution >= 4 is 23.2 Å². The van der Waals surface area contributed by atoms with Crippen LogP contribution < -0.4 is 20.7 Å². The number of aliphatic imine (C=N–C) groups is 1. The summed E-state index contributed by atoms with van der Waals surface area (Å²) in [6.07, 6.45) is 2.53. The van der Waals surface area contributed by atoms with Crippen LogP contribution in [0.5, 0.6) is 5.75 Å². The Kier molecular flexibility index (Phi) is 8.53. The lowest BCUT2D eigenvalue weighted by atomic mass is 10.2. The van der Waals surface area contributed by atoms with E-state index < -0.39 is 0 Å². The third kappa shape index (κ3) is 6.21. The van der Waals surface area contributed by atoms with Crippen molar-refractivity contribution in [3.63, 3.8) is 0 Å². The van der Waals surface area contributed by atoms with Crippen LogP contribution in [0.1, 0.15) is 34.1 Å². The monoisotopic (exact) mass is 429 g/mol. The van der Waals surface area contributed by atoms with Gasteiger partial charge in [-0.15, -0.1) is 11.3 Å². The van der Waals surface area contributed by atoms with Gasteiger partial charge in [0.25, 0.3) is 5.91 Å². The van der Waals surface area contributed by atoms with Gasteiger partial charge in [0, 0.05) is 37.1 Å². The first-order valence-corrected chi connectivity index (χ1v) is 11.2. The number of carbonyl (C=O) groups is 1. The summed E-state index contributed by atoms with van der Waals surface area (Å²) in [5, 5.41) is 11.8. The smallest absolute Gasteiger partial charge is 0.251 e. The van der Waals surface area contributed by atoms with E-state index in [9.17, 15) is 4.79 Å². The molecule has 1 unspecified atom stereocenters. The van der Waals surface area contributed by atoms with E-state index in [2.05, 4.69) is 43.4 Å². The largest absolute Gasteiger partial charge is 0.497 e. The Labute approximate surface area is 182 Å². The summed E-state index contributed by atoms with van der Waals surface area (Å²) in [4.78, 5) is 20.5. The van der Waals surface area contributed by atoms with Crippen LogP contribution in [-0.2, 0) is 0 Å². The number of hydrogen-bond donors (Lipinski definition) is 3. The van der Waals surface area contributed by atoms with E-state index in [4.69, 9.17) is 4.74 Å². The van der Waals surface area contributed by atoms with Crippen molar-refractivity contribution in [3.8, 4) is 5.75 Å². The van der Waals surface area contributed by atoms with Gasteiger partial charge in [0.05, 0.1) is 13.2 Å². The van der Waals surface area contributed by atoms with Crippen molar-refractivity contribution < 1.29 is 9.53 Å². The second-order valence-corrected chi connectivity index (χ2v) is 8.12. The van der Waals surface area contributed by atoms with Crippen molar-refractivity contribution in [3.05, 3.63) is 52.2 Å². The highest BCUT2D eigenvalue weighted by Gasteiger charge is 2.24. The minimum atomic E-state index is -0.120. The number of amides is 1. The van der Waals surface area contributed by atoms with E-state index in [-0.39, 0.29) is 5.91 Å². The van der Waals surface area contributed by atoms with Crippen LogP contribution in [-0.4, -0.2) is 63.6 Å². The van der Waals surface area contributed by atoms with Crippen LogP contribution in [0.2, 0.25) is 0 Å². The molecule has 8 heteroatoms. The predicted octanol–water partition coefficient (Wildman–Crippen LogP) is 2.49. The van der Waals surface area contributed by atoms with Gasteiger partial charge in [-0.25, -0.2) is 0 Å². The Morgan fingerprint density at radius 3 is 2.67 bits per heavy atom. The molecular formula is C22H31N5O2S. The molecule has 0 saturated carbocycles. The quantitative estimate of drug-likeness (QED) is 0.324. The third-order valence-electron chi connectivity index (χ3n) is 5.17. The molecule has 0 spiro atoms. The Morgan fingerprint density at radius 2 is 1.97 bits per heavy atom. The first-order chi connectivity index (χ1) is 14.7. The third-order valence-corrected chi connectivity index (χ3v) is 6.15. The molecule has 1 amide bonds. The number of likely N-dealkylation sites (tertiary alicyclic amines) is 1. The SMILES string of the molecule is CN=C(NCCNC(=O)c1cccc(OC)c1)NCC(c1cccs1)N1CCCC1. The van der Waals surface area contributed by atoms with E-state index in [1.165, 1.54) is 17.7 Å². The number of benzene rings is 1. The molecule has 2 aromatic rings. The second kappa shape index (κ2) is 11.6. The molecule has 3 N–H and O–H groups in total. The van der Waals surface area contributed by atoms with Gasteiger partial charge < -0.3 is 20.7 Å². The van der Waals surface area contributed by atoms with E-state index in [1.54, 1.807) is 37.6 Å². The van der Waals surface area contributed by atoms with Gasteiger partial charge in [-0.1, -0.05) is 12.1 Å². The van der Waals surface area contributed by atoms with Crippen LogP contribution in [0.3, 0.4) is 0 Å². The normalized spacial score (nSPS) is 15.6. The van der Waals surface area contributed by atoms with E-state index >= 15 is 0 Å². The Bertz CT molecular complexity index is 819. The number of nitrogens with zero attached hydrogens (tertiary/aromatic N) is 2. The summed E-state index contributed by atoms with van der Waals surface area (Å²) >= 11 is 1.80. The maximum Gasteiger partial charge on any atom is 0.251 e. The fourth-order valence-electron chi connectivity index (χ4n) is 3.58. The van der Waals surface area contributed by atoms with Crippen molar-refractivity contribution in [1.29, 1.82) is 0 Å². The van der Waals surface area contributed by atoms with Crippen LogP contribution in [0.25, 0.3) is 0 Å². The summed E-state index contributed by atoms with van der Waals surface area (Å²) in [6.45, 7) is 4.18. The molecule has 1 fully saturated rings. The minimum absolute atomic E-state index is 0.120. The molecule has 3 rings (SSSR count). The molecule has 1 atom stereocenters. The highest BCUT2D eigenvalue weighted by molar-refractivity contribution is 7.10. The Morgan fingerprint density at radius 1 is 1.17 bits per heavy atom. The molecule has 162 valence electrons. The first-order valence-electron chi connectivity index (χ1n) is 10.4. The molecule has 1 aliphatic heterocycles. The van der Waals surface area contributed by atoms with E-state index in [1.807, 2.05) is 12.1 Å². The molecule has 2 heterocycles. The van der Waals surface area contributed by atoms with Gasteiger partial charge in [0.2, 0.25) is 0 Å². The minimum Gasteiger partial charge on any atom is -0.497 e. The molecule has 0 bridgehead atoms. The van der Waals surface area contributed by atoms with Crippen LogP contribution in [0.15, 0.2) is 46.8 Å². The predicted molar refractivity (Wildman–Crippen MR) is 123 cm³/mol. The highest BCUT2D eigenvalue weighted by atomic mass is 32.1. The fourth-order valence-corrected chi connectivity index (χ4v) is 4.44. The number of thiophene rings is 1. The van der Waals surface area contributed by atoms with Gasteiger partial charge in [0.1, 0.15) is 5.75 Å². The summed E-state index contributed by atoms with van der Waals surface area (Å²) in [5.74, 6) is 1.29. The summed E-state index contributed by atoms with van der Waals surface area (Å²) in [5.41, 5.74) is 0.584. The lowest BCUT2D eigenvalue weighted by Crippen LogP contribution is -2.44. The van der Waals surface area contributed by atoms with Gasteiger partial charge >= 0.3 is 0 Å². The average molecular weight is 430 g/mol. The number of guanidine groups is 1. The zero-order chi connectivity index (χ0) is 21.2. The molecule has 1 aromatic carbocycles. The molecule has 1 saturated heterocycles. The standard InChI is InChI=1S/C22H31N5O2S/c1-23-22(25-11-10-24-21(28)17-7-5-8-18(15-17)29-2)26-16-19(20-9-6-14-30-20)27-12-3-4-13-27/h5-9,14-15,19H,3-4,10-13,16H2,1-2H3,(H,24,28)(H2,23,25,26). The van der Waals surface area contributed by atoms with Gasteiger partial charge in [-0.05, 0) is 55.6 Å². The van der Waals surface area contributed by atoms with Crippen LogP contribution >= 0.6 is 11.3 Å². The highest BCUT2D eigenvalue weighted by Crippen LogP contribution is 2.27. The average Bonchev–Trinajstić information content (AvgIpc) is 3.50. The molecule has 0 aliphatic carbocycles. The molecule has 1 aromatic heterocycles. The summed E-state index contributed by atoms with van der Waals surface area (Å²) < 4.78 is 5.17. The lowest BCUT2D eigenvalue weighted by molar-refractivity contribution is 0.0954. The number of ether oxygens (including phenoxy) is 1. The topological polar surface area (TPSA) is 78.0 Å². The number of nitrogens with one attached hydrogen (secondary N) is 3. The number of carbonyl (C=O) groups excluding carboxylic acids is 1.